The largest absolute Gasteiger partial charge is 0.433 e. The first kappa shape index (κ1) is 18.6. The molecule has 0 aliphatic carbocycles. The number of fused-ring (bicyclic) bond motifs is 1. The van der Waals surface area contributed by atoms with E-state index in [1.807, 2.05) is 30.5 Å². The second-order valence-electron chi connectivity index (χ2n) is 6.99. The van der Waals surface area contributed by atoms with Gasteiger partial charge >= 0.3 is 6.18 Å². The molecule has 3 aromatic rings. The summed E-state index contributed by atoms with van der Waals surface area (Å²) in [4.78, 5) is 14.0. The molecule has 146 valence electrons. The monoisotopic (exact) mass is 387 g/mol. The Balaban J connectivity index is 1.45. The number of rotatable bonds is 4. The van der Waals surface area contributed by atoms with Gasteiger partial charge in [-0.15, -0.1) is 0 Å². The number of likely N-dealkylation sites (tertiary alicyclic amines) is 1. The average molecular weight is 387 g/mol. The number of piperidine rings is 1. The van der Waals surface area contributed by atoms with E-state index >= 15 is 0 Å². The van der Waals surface area contributed by atoms with Crippen molar-refractivity contribution in [3.05, 3.63) is 60.2 Å². The zero-order valence-corrected chi connectivity index (χ0v) is 15.2. The molecular formula is C20H20F3N5. The molecule has 1 aromatic carbocycles. The Bertz CT molecular complexity index is 954. The van der Waals surface area contributed by atoms with Gasteiger partial charge in [0, 0.05) is 36.8 Å². The van der Waals surface area contributed by atoms with Crippen molar-refractivity contribution in [2.45, 2.75) is 31.6 Å². The third kappa shape index (κ3) is 4.22. The first-order valence-electron chi connectivity index (χ1n) is 9.20. The molecule has 1 saturated heterocycles. The molecule has 1 fully saturated rings. The van der Waals surface area contributed by atoms with Gasteiger partial charge in [0.05, 0.1) is 5.52 Å². The van der Waals surface area contributed by atoms with Crippen LogP contribution in [0.15, 0.2) is 48.9 Å². The highest BCUT2D eigenvalue weighted by Crippen LogP contribution is 2.28. The lowest BCUT2D eigenvalue weighted by atomic mass is 10.0. The molecule has 0 bridgehead atoms. The number of pyridine rings is 1. The minimum Gasteiger partial charge on any atom is -0.366 e. The van der Waals surface area contributed by atoms with Crippen LogP contribution in [0, 0.1) is 0 Å². The van der Waals surface area contributed by atoms with E-state index in [0.29, 0.717) is 0 Å². The van der Waals surface area contributed by atoms with Gasteiger partial charge in [-0.05, 0) is 37.1 Å². The topological polar surface area (TPSA) is 53.9 Å². The number of alkyl halides is 3. The molecule has 0 radical (unpaired) electrons. The van der Waals surface area contributed by atoms with Gasteiger partial charge in [0.15, 0.2) is 0 Å². The van der Waals surface area contributed by atoms with E-state index in [2.05, 4.69) is 31.2 Å². The maximum Gasteiger partial charge on any atom is 0.433 e. The first-order chi connectivity index (χ1) is 13.5. The van der Waals surface area contributed by atoms with Gasteiger partial charge in [-0.1, -0.05) is 18.2 Å². The molecule has 1 unspecified atom stereocenters. The lowest BCUT2D eigenvalue weighted by Gasteiger charge is -2.33. The minimum atomic E-state index is -4.47. The summed E-state index contributed by atoms with van der Waals surface area (Å²) in [6.45, 7) is 2.47. The van der Waals surface area contributed by atoms with E-state index in [0.717, 1.165) is 55.8 Å². The number of hydrogen-bond acceptors (Lipinski definition) is 5. The summed E-state index contributed by atoms with van der Waals surface area (Å²) in [5, 5.41) is 4.27. The summed E-state index contributed by atoms with van der Waals surface area (Å²) in [5.74, 6) is 0.212. The fraction of sp³-hybridized carbons (Fsp3) is 0.350. The van der Waals surface area contributed by atoms with Gasteiger partial charge in [0.2, 0.25) is 0 Å². The molecule has 1 aliphatic heterocycles. The highest BCUT2D eigenvalue weighted by molar-refractivity contribution is 5.81. The summed E-state index contributed by atoms with van der Waals surface area (Å²) in [5.41, 5.74) is 1.24. The second kappa shape index (κ2) is 7.71. The molecule has 5 nitrogen and oxygen atoms in total. The van der Waals surface area contributed by atoms with Gasteiger partial charge in [-0.3, -0.25) is 9.88 Å². The molecule has 0 spiro atoms. The quantitative estimate of drug-likeness (QED) is 0.730. The van der Waals surface area contributed by atoms with E-state index in [1.165, 1.54) is 5.56 Å². The predicted molar refractivity (Wildman–Crippen MR) is 101 cm³/mol. The number of aromatic nitrogens is 3. The summed E-state index contributed by atoms with van der Waals surface area (Å²) < 4.78 is 38.5. The van der Waals surface area contributed by atoms with Crippen LogP contribution in [0.2, 0.25) is 0 Å². The van der Waals surface area contributed by atoms with Crippen molar-refractivity contribution in [2.75, 3.05) is 18.4 Å². The highest BCUT2D eigenvalue weighted by Gasteiger charge is 2.33. The molecule has 0 saturated carbocycles. The number of nitrogens with zero attached hydrogens (tertiary/aromatic N) is 4. The van der Waals surface area contributed by atoms with Crippen molar-refractivity contribution in [3.8, 4) is 0 Å². The van der Waals surface area contributed by atoms with Gasteiger partial charge in [0.25, 0.3) is 0 Å². The molecule has 28 heavy (non-hydrogen) atoms. The second-order valence-corrected chi connectivity index (χ2v) is 6.99. The fourth-order valence-electron chi connectivity index (χ4n) is 3.65. The van der Waals surface area contributed by atoms with Crippen molar-refractivity contribution >= 4 is 16.7 Å². The van der Waals surface area contributed by atoms with Crippen LogP contribution < -0.4 is 5.32 Å². The minimum absolute atomic E-state index is 0.0397. The molecule has 1 N–H and O–H groups in total. The van der Waals surface area contributed by atoms with Crippen LogP contribution in [0.3, 0.4) is 0 Å². The Kier molecular flexibility index (Phi) is 5.13. The zero-order valence-electron chi connectivity index (χ0n) is 15.2. The van der Waals surface area contributed by atoms with Crippen molar-refractivity contribution in [1.82, 2.24) is 19.9 Å². The Hall–Kier alpha value is -2.74. The molecule has 3 heterocycles. The maximum absolute atomic E-state index is 12.8. The van der Waals surface area contributed by atoms with Crippen LogP contribution in [0.25, 0.3) is 10.9 Å². The van der Waals surface area contributed by atoms with Crippen LogP contribution in [-0.2, 0) is 12.7 Å². The number of hydrogen-bond donors (Lipinski definition) is 1. The third-order valence-corrected chi connectivity index (χ3v) is 4.95. The standard InChI is InChI=1S/C20H20F3N5/c21-20(22,23)18-10-19(26-13-25-18)27-15-4-3-9-28(12-15)11-14-7-8-24-17-6-2-1-5-16(14)17/h1-2,5-8,10,13,15H,3-4,9,11-12H2,(H,25,26,27). The van der Waals surface area contributed by atoms with Crippen molar-refractivity contribution in [1.29, 1.82) is 0 Å². The molecule has 8 heteroatoms. The number of benzene rings is 1. The first-order valence-corrected chi connectivity index (χ1v) is 9.20. The molecule has 2 aromatic heterocycles. The number of anilines is 1. The van der Waals surface area contributed by atoms with E-state index in [1.54, 1.807) is 0 Å². The molecular weight excluding hydrogens is 367 g/mol. The van der Waals surface area contributed by atoms with Crippen molar-refractivity contribution in [3.63, 3.8) is 0 Å². The van der Waals surface area contributed by atoms with Gasteiger partial charge in [-0.2, -0.15) is 13.2 Å². The van der Waals surface area contributed by atoms with Crippen LogP contribution >= 0.6 is 0 Å². The van der Waals surface area contributed by atoms with E-state index < -0.39 is 11.9 Å². The highest BCUT2D eigenvalue weighted by atomic mass is 19.4. The lowest BCUT2D eigenvalue weighted by molar-refractivity contribution is -0.141. The number of para-hydroxylation sites is 1. The lowest BCUT2D eigenvalue weighted by Crippen LogP contribution is -2.41. The number of nitrogens with one attached hydrogen (secondary N) is 1. The Morgan fingerprint density at radius 1 is 1.11 bits per heavy atom. The molecule has 1 atom stereocenters. The fourth-order valence-corrected chi connectivity index (χ4v) is 3.65. The van der Waals surface area contributed by atoms with E-state index in [9.17, 15) is 13.2 Å². The van der Waals surface area contributed by atoms with Gasteiger partial charge < -0.3 is 5.32 Å². The van der Waals surface area contributed by atoms with E-state index in [-0.39, 0.29) is 11.9 Å². The summed E-state index contributed by atoms with van der Waals surface area (Å²) >= 11 is 0. The SMILES string of the molecule is FC(F)(F)c1cc(NC2CCCN(Cc3ccnc4ccccc34)C2)ncn1. The normalized spacial score (nSPS) is 18.3. The van der Waals surface area contributed by atoms with Crippen molar-refractivity contribution in [2.24, 2.45) is 0 Å². The molecule has 1 aliphatic rings. The molecule has 0 amide bonds. The summed E-state index contributed by atoms with van der Waals surface area (Å²) in [6.07, 6.45) is 0.156. The van der Waals surface area contributed by atoms with Crippen molar-refractivity contribution < 1.29 is 13.2 Å². The summed E-state index contributed by atoms with van der Waals surface area (Å²) in [6, 6.07) is 11.1. The maximum atomic E-state index is 12.8. The smallest absolute Gasteiger partial charge is 0.366 e. The summed E-state index contributed by atoms with van der Waals surface area (Å²) in [7, 11) is 0. The third-order valence-electron chi connectivity index (χ3n) is 4.95. The predicted octanol–water partition coefficient (Wildman–Crippen LogP) is 4.12. The van der Waals surface area contributed by atoms with Gasteiger partial charge in [0.1, 0.15) is 17.8 Å². The zero-order chi connectivity index (χ0) is 19.6. The Morgan fingerprint density at radius 3 is 2.82 bits per heavy atom. The molecule has 4 rings (SSSR count). The van der Waals surface area contributed by atoms with E-state index in [4.69, 9.17) is 0 Å². The van der Waals surface area contributed by atoms with Gasteiger partial charge in [-0.25, -0.2) is 9.97 Å². The van der Waals surface area contributed by atoms with Crippen LogP contribution in [0.5, 0.6) is 0 Å². The Labute approximate surface area is 160 Å². The number of halogens is 3. The van der Waals surface area contributed by atoms with Crippen LogP contribution in [-0.4, -0.2) is 39.0 Å². The Morgan fingerprint density at radius 2 is 1.96 bits per heavy atom. The van der Waals surface area contributed by atoms with Crippen LogP contribution in [0.4, 0.5) is 19.0 Å². The average Bonchev–Trinajstić information content (AvgIpc) is 2.68. The van der Waals surface area contributed by atoms with Crippen LogP contribution in [0.1, 0.15) is 24.1 Å².